The number of rotatable bonds is 4. The van der Waals surface area contributed by atoms with Gasteiger partial charge >= 0.3 is 5.97 Å². The van der Waals surface area contributed by atoms with Crippen LogP contribution in [0.15, 0.2) is 24.3 Å². The Balaban J connectivity index is 1.38. The summed E-state index contributed by atoms with van der Waals surface area (Å²) in [6, 6.07) is 7.23. The maximum Gasteiger partial charge on any atom is 0.309 e. The predicted molar refractivity (Wildman–Crippen MR) is 99.3 cm³/mol. The van der Waals surface area contributed by atoms with Crippen LogP contribution in [0, 0.1) is 11.8 Å². The number of anilines is 2. The molecule has 0 aromatic heterocycles. The molecule has 0 saturated carbocycles. The second-order valence-corrected chi connectivity index (χ2v) is 7.21. The van der Waals surface area contributed by atoms with Crippen LogP contribution in [0.5, 0.6) is 23.0 Å². The van der Waals surface area contributed by atoms with E-state index < -0.39 is 0 Å². The Morgan fingerprint density at radius 2 is 1.25 bits per heavy atom. The first kappa shape index (κ1) is 16.9. The van der Waals surface area contributed by atoms with Crippen LogP contribution in [-0.2, 0) is 22.4 Å². The molecule has 0 spiro atoms. The van der Waals surface area contributed by atoms with Gasteiger partial charge < -0.3 is 35.2 Å². The first-order valence-corrected chi connectivity index (χ1v) is 9.11. The van der Waals surface area contributed by atoms with Gasteiger partial charge in [0.2, 0.25) is 13.6 Å². The molecule has 3 aliphatic rings. The normalized spacial score (nSPS) is 21.8. The van der Waals surface area contributed by atoms with Crippen molar-refractivity contribution < 1.29 is 28.5 Å². The van der Waals surface area contributed by atoms with Crippen LogP contribution in [0.1, 0.15) is 11.1 Å². The molecule has 0 radical (unpaired) electrons. The largest absolute Gasteiger partial charge is 0.465 e. The van der Waals surface area contributed by atoms with E-state index in [0.29, 0.717) is 53.8 Å². The first-order chi connectivity index (χ1) is 13.6. The molecule has 8 nitrogen and oxygen atoms in total. The molecule has 8 heteroatoms. The van der Waals surface area contributed by atoms with Crippen LogP contribution in [0.4, 0.5) is 11.4 Å². The van der Waals surface area contributed by atoms with Crippen molar-refractivity contribution in [1.29, 1.82) is 0 Å². The number of fused-ring (bicyclic) bond motifs is 2. The average Bonchev–Trinajstić information content (AvgIpc) is 3.38. The van der Waals surface area contributed by atoms with Crippen molar-refractivity contribution in [3.63, 3.8) is 0 Å². The third kappa shape index (κ3) is 2.81. The molecular weight excluding hydrogens is 364 g/mol. The van der Waals surface area contributed by atoms with E-state index in [2.05, 4.69) is 0 Å². The van der Waals surface area contributed by atoms with Gasteiger partial charge in [0.1, 0.15) is 0 Å². The van der Waals surface area contributed by atoms with Crippen molar-refractivity contribution in [3.8, 4) is 23.0 Å². The van der Waals surface area contributed by atoms with E-state index in [1.54, 1.807) is 12.1 Å². The average molecular weight is 384 g/mol. The molecule has 0 unspecified atom stereocenters. The van der Waals surface area contributed by atoms with Crippen molar-refractivity contribution in [2.24, 2.45) is 11.8 Å². The number of carbonyl (C=O) groups excluding carboxylic acids is 1. The highest BCUT2D eigenvalue weighted by Crippen LogP contribution is 2.40. The van der Waals surface area contributed by atoms with Crippen LogP contribution >= 0.6 is 0 Å². The number of nitrogen functional groups attached to an aromatic ring is 2. The maximum atomic E-state index is 12.4. The van der Waals surface area contributed by atoms with Gasteiger partial charge in [-0.15, -0.1) is 0 Å². The molecule has 5 rings (SSSR count). The van der Waals surface area contributed by atoms with E-state index in [9.17, 15) is 4.79 Å². The van der Waals surface area contributed by atoms with E-state index in [1.165, 1.54) is 0 Å². The van der Waals surface area contributed by atoms with Crippen molar-refractivity contribution in [2.45, 2.75) is 12.8 Å². The fourth-order valence-corrected chi connectivity index (χ4v) is 3.93. The smallest absolute Gasteiger partial charge is 0.309 e. The standard InChI is InChI=1S/C20H20N2O6/c21-14-5-18-16(25-8-27-18)3-10(14)1-12-7-24-20(23)13(12)2-11-4-17-19(6-15(11)22)28-9-26-17/h3-6,12-13H,1-2,7-9,21-22H2/t12-,13+/m0/s1. The summed E-state index contributed by atoms with van der Waals surface area (Å²) in [5.41, 5.74) is 15.3. The van der Waals surface area contributed by atoms with Gasteiger partial charge in [0.15, 0.2) is 23.0 Å². The number of esters is 1. The Kier molecular flexibility index (Phi) is 3.85. The molecule has 28 heavy (non-hydrogen) atoms. The van der Waals surface area contributed by atoms with Gasteiger partial charge in [0.25, 0.3) is 0 Å². The predicted octanol–water partition coefficient (Wildman–Crippen LogP) is 1.88. The molecule has 2 aromatic carbocycles. The summed E-state index contributed by atoms with van der Waals surface area (Å²) in [7, 11) is 0. The summed E-state index contributed by atoms with van der Waals surface area (Å²) in [5.74, 6) is 2.04. The minimum Gasteiger partial charge on any atom is -0.465 e. The third-order valence-corrected chi connectivity index (χ3v) is 5.50. The lowest BCUT2D eigenvalue weighted by Gasteiger charge is -2.18. The molecule has 3 aliphatic heterocycles. The zero-order chi connectivity index (χ0) is 19.3. The second kappa shape index (κ2) is 6.40. The Bertz CT molecular complexity index is 960. The lowest BCUT2D eigenvalue weighted by atomic mass is 9.84. The number of hydrogen-bond acceptors (Lipinski definition) is 8. The number of hydrogen-bond donors (Lipinski definition) is 2. The van der Waals surface area contributed by atoms with Crippen LogP contribution in [0.2, 0.25) is 0 Å². The van der Waals surface area contributed by atoms with Gasteiger partial charge in [0.05, 0.1) is 12.5 Å². The molecule has 1 fully saturated rings. The molecule has 1 saturated heterocycles. The lowest BCUT2D eigenvalue weighted by molar-refractivity contribution is -0.141. The van der Waals surface area contributed by atoms with E-state index in [4.69, 9.17) is 35.2 Å². The quantitative estimate of drug-likeness (QED) is 0.606. The SMILES string of the molecule is Nc1cc2c(cc1C[C@H]1COC(=O)[C@@H]1Cc1cc3c(cc1N)OCO3)OCO2. The Labute approximate surface area is 161 Å². The van der Waals surface area contributed by atoms with Gasteiger partial charge in [-0.2, -0.15) is 0 Å². The summed E-state index contributed by atoms with van der Waals surface area (Å²) >= 11 is 0. The van der Waals surface area contributed by atoms with Crippen LogP contribution < -0.4 is 30.4 Å². The summed E-state index contributed by atoms with van der Waals surface area (Å²) in [6.07, 6.45) is 1.07. The highest BCUT2D eigenvalue weighted by atomic mass is 16.7. The number of nitrogens with two attached hydrogens (primary N) is 2. The van der Waals surface area contributed by atoms with Crippen LogP contribution in [0.3, 0.4) is 0 Å². The van der Waals surface area contributed by atoms with E-state index >= 15 is 0 Å². The number of ether oxygens (including phenoxy) is 5. The van der Waals surface area contributed by atoms with Gasteiger partial charge in [-0.1, -0.05) is 0 Å². The van der Waals surface area contributed by atoms with Gasteiger partial charge in [-0.3, -0.25) is 4.79 Å². The van der Waals surface area contributed by atoms with Crippen molar-refractivity contribution in [1.82, 2.24) is 0 Å². The molecular formula is C20H20N2O6. The molecule has 2 atom stereocenters. The topological polar surface area (TPSA) is 115 Å². The van der Waals surface area contributed by atoms with Gasteiger partial charge in [-0.05, 0) is 36.1 Å². The molecule has 2 aromatic rings. The summed E-state index contributed by atoms with van der Waals surface area (Å²) in [4.78, 5) is 12.4. The molecule has 0 amide bonds. The Morgan fingerprint density at radius 3 is 1.82 bits per heavy atom. The fourth-order valence-electron chi connectivity index (χ4n) is 3.93. The number of benzene rings is 2. The highest BCUT2D eigenvalue weighted by Gasteiger charge is 2.38. The summed E-state index contributed by atoms with van der Waals surface area (Å²) < 4.78 is 26.9. The van der Waals surface area contributed by atoms with Crippen molar-refractivity contribution >= 4 is 17.3 Å². The molecule has 0 aliphatic carbocycles. The van der Waals surface area contributed by atoms with Crippen LogP contribution in [-0.4, -0.2) is 26.2 Å². The molecule has 0 bridgehead atoms. The van der Waals surface area contributed by atoms with Gasteiger partial charge in [0, 0.05) is 29.4 Å². The zero-order valence-electron chi connectivity index (χ0n) is 15.1. The molecule has 3 heterocycles. The fraction of sp³-hybridized carbons (Fsp3) is 0.350. The summed E-state index contributed by atoms with van der Waals surface area (Å²) in [6.45, 7) is 0.715. The van der Waals surface area contributed by atoms with Gasteiger partial charge in [-0.25, -0.2) is 0 Å². The number of carbonyl (C=O) groups is 1. The second-order valence-electron chi connectivity index (χ2n) is 7.21. The Hall–Kier alpha value is -3.29. The zero-order valence-corrected chi connectivity index (χ0v) is 15.1. The van der Waals surface area contributed by atoms with E-state index in [0.717, 1.165) is 11.1 Å². The first-order valence-electron chi connectivity index (χ1n) is 9.11. The highest BCUT2D eigenvalue weighted by molar-refractivity contribution is 5.76. The maximum absolute atomic E-state index is 12.4. The minimum absolute atomic E-state index is 0.0139. The number of cyclic esters (lactones) is 1. The third-order valence-electron chi connectivity index (χ3n) is 5.50. The van der Waals surface area contributed by atoms with Crippen molar-refractivity contribution in [2.75, 3.05) is 31.7 Å². The molecule has 4 N–H and O–H groups in total. The van der Waals surface area contributed by atoms with E-state index in [-0.39, 0.29) is 31.4 Å². The van der Waals surface area contributed by atoms with Crippen LogP contribution in [0.25, 0.3) is 0 Å². The Morgan fingerprint density at radius 1 is 0.750 bits per heavy atom. The molecule has 146 valence electrons. The lowest BCUT2D eigenvalue weighted by Crippen LogP contribution is -2.21. The minimum atomic E-state index is -0.313. The van der Waals surface area contributed by atoms with Crippen molar-refractivity contribution in [3.05, 3.63) is 35.4 Å². The monoisotopic (exact) mass is 384 g/mol. The van der Waals surface area contributed by atoms with E-state index in [1.807, 2.05) is 12.1 Å². The summed E-state index contributed by atoms with van der Waals surface area (Å²) in [5, 5.41) is 0.